The van der Waals surface area contributed by atoms with E-state index in [2.05, 4.69) is 10.3 Å². The van der Waals surface area contributed by atoms with Gasteiger partial charge in [-0.1, -0.05) is 0 Å². The Morgan fingerprint density at radius 1 is 1.24 bits per heavy atom. The van der Waals surface area contributed by atoms with E-state index in [4.69, 9.17) is 8.83 Å². The fourth-order valence-electron chi connectivity index (χ4n) is 1.79. The van der Waals surface area contributed by atoms with Crippen LogP contribution in [0.25, 0.3) is 11.0 Å². The van der Waals surface area contributed by atoms with Crippen molar-refractivity contribution in [2.45, 2.75) is 13.5 Å². The number of aromatic nitrogens is 1. The third kappa shape index (κ3) is 1.89. The highest BCUT2D eigenvalue weighted by Gasteiger charge is 2.05. The molecule has 17 heavy (non-hydrogen) atoms. The van der Waals surface area contributed by atoms with E-state index in [9.17, 15) is 0 Å². The monoisotopic (exact) mass is 228 g/mol. The van der Waals surface area contributed by atoms with Crippen LogP contribution >= 0.6 is 0 Å². The van der Waals surface area contributed by atoms with Crippen LogP contribution < -0.4 is 5.32 Å². The number of nitrogens with one attached hydrogen (secondary N) is 1. The molecule has 0 bridgehead atoms. The van der Waals surface area contributed by atoms with Gasteiger partial charge in [-0.3, -0.25) is 0 Å². The molecule has 0 radical (unpaired) electrons. The lowest BCUT2D eigenvalue weighted by atomic mass is 10.3. The number of hydrogen-bond donors (Lipinski definition) is 1. The Morgan fingerprint density at radius 2 is 2.18 bits per heavy atom. The normalized spacial score (nSPS) is 10.9. The van der Waals surface area contributed by atoms with E-state index in [-0.39, 0.29) is 0 Å². The van der Waals surface area contributed by atoms with Crippen molar-refractivity contribution in [2.75, 3.05) is 5.32 Å². The Morgan fingerprint density at radius 3 is 3.00 bits per heavy atom. The summed E-state index contributed by atoms with van der Waals surface area (Å²) in [5, 5.41) is 4.22. The molecular weight excluding hydrogens is 216 g/mol. The molecule has 0 aromatic carbocycles. The van der Waals surface area contributed by atoms with Gasteiger partial charge in [-0.25, -0.2) is 4.98 Å². The van der Waals surface area contributed by atoms with Crippen molar-refractivity contribution in [3.05, 3.63) is 48.2 Å². The summed E-state index contributed by atoms with van der Waals surface area (Å²) in [6, 6.07) is 7.65. The van der Waals surface area contributed by atoms with Crippen molar-refractivity contribution in [3.8, 4) is 0 Å². The molecule has 86 valence electrons. The molecule has 4 nitrogen and oxygen atoms in total. The zero-order valence-electron chi connectivity index (χ0n) is 9.43. The quantitative estimate of drug-likeness (QED) is 0.747. The summed E-state index contributed by atoms with van der Waals surface area (Å²) in [7, 11) is 0. The van der Waals surface area contributed by atoms with Crippen molar-refractivity contribution in [1.29, 1.82) is 0 Å². The maximum atomic E-state index is 5.49. The first kappa shape index (κ1) is 9.96. The van der Waals surface area contributed by atoms with Crippen LogP contribution in [-0.4, -0.2) is 4.98 Å². The van der Waals surface area contributed by atoms with Gasteiger partial charge in [0.25, 0.3) is 0 Å². The number of aryl methyl sites for hydroxylation is 1. The number of anilines is 1. The summed E-state index contributed by atoms with van der Waals surface area (Å²) in [5.41, 5.74) is 0.832. The first-order valence-electron chi connectivity index (χ1n) is 5.44. The third-order valence-corrected chi connectivity index (χ3v) is 2.61. The Bertz CT molecular complexity index is 639. The van der Waals surface area contributed by atoms with Crippen LogP contribution in [0.5, 0.6) is 0 Å². The molecule has 3 rings (SSSR count). The summed E-state index contributed by atoms with van der Waals surface area (Å²) in [5.74, 6) is 2.62. The molecule has 0 aliphatic carbocycles. The molecule has 0 amide bonds. The van der Waals surface area contributed by atoms with Gasteiger partial charge in [0.05, 0.1) is 18.2 Å². The van der Waals surface area contributed by atoms with E-state index in [1.807, 2.05) is 31.2 Å². The van der Waals surface area contributed by atoms with E-state index in [1.165, 1.54) is 0 Å². The Hall–Kier alpha value is -2.23. The lowest BCUT2D eigenvalue weighted by Gasteiger charge is -2.03. The molecular formula is C13H12N2O2. The minimum Gasteiger partial charge on any atom is -0.465 e. The predicted octanol–water partition coefficient (Wildman–Crippen LogP) is 3.34. The van der Waals surface area contributed by atoms with E-state index in [0.29, 0.717) is 6.54 Å². The summed E-state index contributed by atoms with van der Waals surface area (Å²) < 4.78 is 10.8. The van der Waals surface area contributed by atoms with Crippen molar-refractivity contribution in [1.82, 2.24) is 4.98 Å². The summed E-state index contributed by atoms with van der Waals surface area (Å²) in [4.78, 5) is 4.29. The first-order valence-corrected chi connectivity index (χ1v) is 5.44. The average Bonchev–Trinajstić information content (AvgIpc) is 2.94. The van der Waals surface area contributed by atoms with Crippen LogP contribution in [0.3, 0.4) is 0 Å². The van der Waals surface area contributed by atoms with Crippen LogP contribution in [0.1, 0.15) is 11.5 Å². The van der Waals surface area contributed by atoms with Gasteiger partial charge in [0.15, 0.2) is 0 Å². The van der Waals surface area contributed by atoms with Gasteiger partial charge in [-0.15, -0.1) is 0 Å². The molecule has 4 heteroatoms. The van der Waals surface area contributed by atoms with Crippen LogP contribution in [-0.2, 0) is 6.54 Å². The smallest absolute Gasteiger partial charge is 0.139 e. The van der Waals surface area contributed by atoms with Gasteiger partial charge in [0.2, 0.25) is 0 Å². The predicted molar refractivity (Wildman–Crippen MR) is 64.8 cm³/mol. The maximum absolute atomic E-state index is 5.49. The van der Waals surface area contributed by atoms with Gasteiger partial charge >= 0.3 is 0 Å². The van der Waals surface area contributed by atoms with Gasteiger partial charge in [-0.05, 0) is 31.2 Å². The van der Waals surface area contributed by atoms with Gasteiger partial charge < -0.3 is 14.2 Å². The molecule has 0 spiro atoms. The molecule has 0 fully saturated rings. The molecule has 3 heterocycles. The second-order valence-corrected chi connectivity index (χ2v) is 3.86. The molecule has 3 aromatic heterocycles. The molecule has 0 aliphatic heterocycles. The molecule has 0 saturated carbocycles. The number of hydrogen-bond acceptors (Lipinski definition) is 4. The van der Waals surface area contributed by atoms with Gasteiger partial charge in [-0.2, -0.15) is 0 Å². The first-order chi connectivity index (χ1) is 8.33. The minimum absolute atomic E-state index is 0.616. The SMILES string of the molecule is Cc1ccc(CNc2nccc3occc23)o1. The third-order valence-electron chi connectivity index (χ3n) is 2.61. The number of nitrogens with zero attached hydrogens (tertiary/aromatic N) is 1. The van der Waals surface area contributed by atoms with E-state index in [1.54, 1.807) is 12.5 Å². The molecule has 0 aliphatic rings. The molecule has 1 N–H and O–H groups in total. The van der Waals surface area contributed by atoms with E-state index >= 15 is 0 Å². The van der Waals surface area contributed by atoms with Crippen molar-refractivity contribution >= 4 is 16.8 Å². The summed E-state index contributed by atoms with van der Waals surface area (Å²) in [6.07, 6.45) is 3.39. The zero-order valence-corrected chi connectivity index (χ0v) is 9.43. The molecule has 0 unspecified atom stereocenters. The Balaban J connectivity index is 1.83. The van der Waals surface area contributed by atoms with E-state index < -0.39 is 0 Å². The van der Waals surface area contributed by atoms with Crippen LogP contribution in [0.15, 0.2) is 45.6 Å². The van der Waals surface area contributed by atoms with Crippen LogP contribution in [0.2, 0.25) is 0 Å². The number of fused-ring (bicyclic) bond motifs is 1. The number of rotatable bonds is 3. The van der Waals surface area contributed by atoms with Crippen molar-refractivity contribution in [3.63, 3.8) is 0 Å². The van der Waals surface area contributed by atoms with Crippen LogP contribution in [0, 0.1) is 6.92 Å². The number of pyridine rings is 1. The average molecular weight is 228 g/mol. The Labute approximate surface area is 98.3 Å². The Kier molecular flexibility index (Phi) is 2.33. The summed E-state index contributed by atoms with van der Waals surface area (Å²) >= 11 is 0. The van der Waals surface area contributed by atoms with Gasteiger partial charge in [0, 0.05) is 6.20 Å². The second kappa shape index (κ2) is 3.97. The number of furan rings is 2. The minimum atomic E-state index is 0.616. The molecule has 3 aromatic rings. The van der Waals surface area contributed by atoms with Crippen molar-refractivity contribution in [2.24, 2.45) is 0 Å². The highest BCUT2D eigenvalue weighted by molar-refractivity contribution is 5.87. The molecule has 0 atom stereocenters. The highest BCUT2D eigenvalue weighted by Crippen LogP contribution is 2.22. The standard InChI is InChI=1S/C13H12N2O2/c1-9-2-3-10(17-9)8-15-13-11-5-7-16-12(11)4-6-14-13/h2-7H,8H2,1H3,(H,14,15). The topological polar surface area (TPSA) is 51.2 Å². The lowest BCUT2D eigenvalue weighted by molar-refractivity contribution is 0.490. The van der Waals surface area contributed by atoms with Crippen molar-refractivity contribution < 1.29 is 8.83 Å². The maximum Gasteiger partial charge on any atom is 0.139 e. The van der Waals surface area contributed by atoms with Crippen LogP contribution in [0.4, 0.5) is 5.82 Å². The van der Waals surface area contributed by atoms with Gasteiger partial charge in [0.1, 0.15) is 22.9 Å². The molecule has 0 saturated heterocycles. The van der Waals surface area contributed by atoms with E-state index in [0.717, 1.165) is 28.3 Å². The fraction of sp³-hybridized carbons (Fsp3) is 0.154. The summed E-state index contributed by atoms with van der Waals surface area (Å²) in [6.45, 7) is 2.55. The second-order valence-electron chi connectivity index (χ2n) is 3.86. The highest BCUT2D eigenvalue weighted by atomic mass is 16.3. The largest absolute Gasteiger partial charge is 0.465 e. The lowest BCUT2D eigenvalue weighted by Crippen LogP contribution is -2.00. The zero-order chi connectivity index (χ0) is 11.7. The fourth-order valence-corrected chi connectivity index (χ4v) is 1.79.